The van der Waals surface area contributed by atoms with E-state index in [4.69, 9.17) is 5.26 Å². The molecule has 0 aliphatic rings. The van der Waals surface area contributed by atoms with Gasteiger partial charge in [-0.15, -0.1) is 0 Å². The summed E-state index contributed by atoms with van der Waals surface area (Å²) in [6, 6.07) is 8.13. The molecule has 0 atom stereocenters. The van der Waals surface area contributed by atoms with Crippen LogP contribution in [0.2, 0.25) is 0 Å². The molecule has 1 aromatic carbocycles. The molecule has 0 aliphatic carbocycles. The molecule has 1 N–H and O–H groups in total. The molecule has 6 heteroatoms. The summed E-state index contributed by atoms with van der Waals surface area (Å²) in [5, 5.41) is 8.86. The lowest BCUT2D eigenvalue weighted by Gasteiger charge is -2.10. The summed E-state index contributed by atoms with van der Waals surface area (Å²) in [4.78, 5) is 4.02. The molecule has 102 valence electrons. The maximum Gasteiger partial charge on any atom is 0.261 e. The number of pyridine rings is 1. The number of nitriles is 1. The molecule has 1 heterocycles. The molecule has 0 saturated heterocycles. The normalized spacial score (nSPS) is 10.8. The number of anilines is 1. The van der Waals surface area contributed by atoms with Crippen LogP contribution in [0.25, 0.3) is 0 Å². The standard InChI is InChI=1S/C14H13N3O2S/c1-10-5-6-16-9-14(10)17-20(18,19)13-4-3-12(8-15)11(2)7-13/h3-7,9,17H,1-2H3. The predicted molar refractivity (Wildman–Crippen MR) is 75.7 cm³/mol. The van der Waals surface area contributed by atoms with Crippen LogP contribution in [0.1, 0.15) is 16.7 Å². The van der Waals surface area contributed by atoms with E-state index in [9.17, 15) is 8.42 Å². The monoisotopic (exact) mass is 287 g/mol. The highest BCUT2D eigenvalue weighted by atomic mass is 32.2. The third-order valence-corrected chi connectivity index (χ3v) is 4.28. The lowest BCUT2D eigenvalue weighted by atomic mass is 10.1. The number of nitrogens with one attached hydrogen (secondary N) is 1. The van der Waals surface area contributed by atoms with Crippen LogP contribution in [0.4, 0.5) is 5.69 Å². The summed E-state index contributed by atoms with van der Waals surface area (Å²) in [5.41, 5.74) is 2.31. The zero-order chi connectivity index (χ0) is 14.8. The third kappa shape index (κ3) is 2.78. The molecule has 0 spiro atoms. The summed E-state index contributed by atoms with van der Waals surface area (Å²) in [7, 11) is -3.68. The van der Waals surface area contributed by atoms with E-state index in [0.717, 1.165) is 5.56 Å². The maximum absolute atomic E-state index is 12.3. The van der Waals surface area contributed by atoms with Gasteiger partial charge in [-0.1, -0.05) is 0 Å². The van der Waals surface area contributed by atoms with E-state index >= 15 is 0 Å². The molecule has 2 aromatic rings. The van der Waals surface area contributed by atoms with Gasteiger partial charge in [0.1, 0.15) is 0 Å². The average Bonchev–Trinajstić information content (AvgIpc) is 2.41. The fourth-order valence-electron chi connectivity index (χ4n) is 1.70. The van der Waals surface area contributed by atoms with Gasteiger partial charge >= 0.3 is 0 Å². The summed E-state index contributed by atoms with van der Waals surface area (Å²) < 4.78 is 27.1. The van der Waals surface area contributed by atoms with Crippen molar-refractivity contribution in [3.63, 3.8) is 0 Å². The van der Waals surface area contributed by atoms with Gasteiger partial charge in [-0.2, -0.15) is 5.26 Å². The summed E-state index contributed by atoms with van der Waals surface area (Å²) in [6.07, 6.45) is 3.06. The van der Waals surface area contributed by atoms with Crippen molar-refractivity contribution in [2.75, 3.05) is 4.72 Å². The van der Waals surface area contributed by atoms with E-state index in [0.29, 0.717) is 16.8 Å². The van der Waals surface area contributed by atoms with E-state index in [1.165, 1.54) is 24.4 Å². The van der Waals surface area contributed by atoms with Crippen LogP contribution in [0.3, 0.4) is 0 Å². The largest absolute Gasteiger partial charge is 0.278 e. The Morgan fingerprint density at radius 2 is 1.95 bits per heavy atom. The van der Waals surface area contributed by atoms with Gasteiger partial charge in [0.05, 0.1) is 28.4 Å². The molecule has 1 aromatic heterocycles. The number of nitrogens with zero attached hydrogens (tertiary/aromatic N) is 2. The first kappa shape index (κ1) is 14.0. The van der Waals surface area contributed by atoms with Gasteiger partial charge in [-0.25, -0.2) is 8.42 Å². The molecule has 0 unspecified atom stereocenters. The van der Waals surface area contributed by atoms with Crippen molar-refractivity contribution < 1.29 is 8.42 Å². The number of aromatic nitrogens is 1. The lowest BCUT2D eigenvalue weighted by molar-refractivity contribution is 0.601. The number of benzene rings is 1. The van der Waals surface area contributed by atoms with Crippen LogP contribution < -0.4 is 4.72 Å². The van der Waals surface area contributed by atoms with Crippen molar-refractivity contribution in [1.82, 2.24) is 4.98 Å². The van der Waals surface area contributed by atoms with Crippen LogP contribution in [0, 0.1) is 25.2 Å². The third-order valence-electron chi connectivity index (χ3n) is 2.91. The second-order valence-corrected chi connectivity index (χ2v) is 6.07. The first-order chi connectivity index (χ1) is 9.44. The molecule has 0 saturated carbocycles. The van der Waals surface area contributed by atoms with Crippen molar-refractivity contribution in [2.24, 2.45) is 0 Å². The summed E-state index contributed by atoms with van der Waals surface area (Å²) >= 11 is 0. The molecular formula is C14H13N3O2S. The zero-order valence-electron chi connectivity index (χ0n) is 11.1. The van der Waals surface area contributed by atoms with Crippen LogP contribution in [-0.4, -0.2) is 13.4 Å². The molecule has 0 amide bonds. The number of aryl methyl sites for hydroxylation is 2. The van der Waals surface area contributed by atoms with Gasteiger partial charge in [0, 0.05) is 6.20 Å². The van der Waals surface area contributed by atoms with Gasteiger partial charge in [0.25, 0.3) is 10.0 Å². The second-order valence-electron chi connectivity index (χ2n) is 4.38. The number of rotatable bonds is 3. The highest BCUT2D eigenvalue weighted by Gasteiger charge is 2.16. The van der Waals surface area contributed by atoms with Crippen LogP contribution >= 0.6 is 0 Å². The highest BCUT2D eigenvalue weighted by Crippen LogP contribution is 2.20. The molecule has 20 heavy (non-hydrogen) atoms. The Balaban J connectivity index is 2.39. The van der Waals surface area contributed by atoms with E-state index in [1.54, 1.807) is 26.1 Å². The second kappa shape index (κ2) is 5.31. The Kier molecular flexibility index (Phi) is 3.72. The fraction of sp³-hybridized carbons (Fsp3) is 0.143. The van der Waals surface area contributed by atoms with Gasteiger partial charge in [-0.05, 0) is 49.2 Å². The summed E-state index contributed by atoms with van der Waals surface area (Å²) in [6.45, 7) is 3.50. The Morgan fingerprint density at radius 1 is 1.20 bits per heavy atom. The van der Waals surface area contributed by atoms with Crippen LogP contribution in [0.5, 0.6) is 0 Å². The van der Waals surface area contributed by atoms with Gasteiger partial charge in [-0.3, -0.25) is 9.71 Å². The van der Waals surface area contributed by atoms with E-state index < -0.39 is 10.0 Å². The number of hydrogen-bond donors (Lipinski definition) is 1. The smallest absolute Gasteiger partial charge is 0.261 e. The Morgan fingerprint density at radius 3 is 2.55 bits per heavy atom. The minimum absolute atomic E-state index is 0.122. The van der Waals surface area contributed by atoms with Gasteiger partial charge in [0.2, 0.25) is 0 Å². The average molecular weight is 287 g/mol. The fourth-order valence-corrected chi connectivity index (χ4v) is 2.90. The SMILES string of the molecule is Cc1cc(S(=O)(=O)Nc2cnccc2C)ccc1C#N. The molecule has 2 rings (SSSR count). The van der Waals surface area contributed by atoms with Crippen LogP contribution in [-0.2, 0) is 10.0 Å². The Bertz CT molecular complexity index is 792. The zero-order valence-corrected chi connectivity index (χ0v) is 11.9. The van der Waals surface area contributed by atoms with Crippen molar-refractivity contribution >= 4 is 15.7 Å². The van der Waals surface area contributed by atoms with Crippen molar-refractivity contribution in [3.8, 4) is 6.07 Å². The number of sulfonamides is 1. The first-order valence-corrected chi connectivity index (χ1v) is 7.36. The first-order valence-electron chi connectivity index (χ1n) is 5.88. The van der Waals surface area contributed by atoms with Gasteiger partial charge in [0.15, 0.2) is 0 Å². The maximum atomic E-state index is 12.3. The Hall–Kier alpha value is -2.39. The van der Waals surface area contributed by atoms with Gasteiger partial charge < -0.3 is 0 Å². The van der Waals surface area contributed by atoms with Crippen LogP contribution in [0.15, 0.2) is 41.6 Å². The molecule has 0 aliphatic heterocycles. The highest BCUT2D eigenvalue weighted by molar-refractivity contribution is 7.92. The minimum Gasteiger partial charge on any atom is -0.278 e. The quantitative estimate of drug-likeness (QED) is 0.939. The topological polar surface area (TPSA) is 82.8 Å². The Labute approximate surface area is 118 Å². The summed E-state index contributed by atoms with van der Waals surface area (Å²) in [5.74, 6) is 0. The van der Waals surface area contributed by atoms with E-state index in [-0.39, 0.29) is 4.90 Å². The van der Waals surface area contributed by atoms with E-state index in [2.05, 4.69) is 9.71 Å². The van der Waals surface area contributed by atoms with Crippen molar-refractivity contribution in [1.29, 1.82) is 5.26 Å². The molecule has 0 bridgehead atoms. The van der Waals surface area contributed by atoms with Crippen molar-refractivity contribution in [3.05, 3.63) is 53.3 Å². The molecule has 5 nitrogen and oxygen atoms in total. The number of hydrogen-bond acceptors (Lipinski definition) is 4. The van der Waals surface area contributed by atoms with Crippen molar-refractivity contribution in [2.45, 2.75) is 18.7 Å². The predicted octanol–water partition coefficient (Wildman–Crippen LogP) is 2.37. The minimum atomic E-state index is -3.68. The lowest BCUT2D eigenvalue weighted by Crippen LogP contribution is -2.14. The molecule has 0 fully saturated rings. The molecular weight excluding hydrogens is 274 g/mol. The molecule has 0 radical (unpaired) electrons. The van der Waals surface area contributed by atoms with E-state index in [1.807, 2.05) is 6.07 Å².